The third kappa shape index (κ3) is 4.75. The summed E-state index contributed by atoms with van der Waals surface area (Å²) in [6.07, 6.45) is 1.73. The highest BCUT2D eigenvalue weighted by molar-refractivity contribution is 7.99. The summed E-state index contributed by atoms with van der Waals surface area (Å²) in [6.45, 7) is 7.65. The molecule has 1 N–H and O–H groups in total. The van der Waals surface area contributed by atoms with Gasteiger partial charge in [0.15, 0.2) is 5.16 Å². The van der Waals surface area contributed by atoms with Gasteiger partial charge in [0.1, 0.15) is 5.82 Å². The lowest BCUT2D eigenvalue weighted by molar-refractivity contribution is -0.119. The molecule has 3 rings (SSSR count). The van der Waals surface area contributed by atoms with Crippen molar-refractivity contribution in [1.29, 1.82) is 0 Å². The molecule has 146 valence electrons. The fraction of sp³-hybridized carbons (Fsp3) is 0.300. The van der Waals surface area contributed by atoms with Crippen molar-refractivity contribution in [2.24, 2.45) is 0 Å². The number of nitrogens with one attached hydrogen (secondary N) is 1. The summed E-state index contributed by atoms with van der Waals surface area (Å²) in [4.78, 5) is 21.0. The van der Waals surface area contributed by atoms with Gasteiger partial charge in [0, 0.05) is 22.6 Å². The van der Waals surface area contributed by atoms with Crippen LogP contribution in [0.3, 0.4) is 0 Å². The maximum atomic E-state index is 13.1. The molecule has 2 aromatic heterocycles. The minimum Gasteiger partial charge on any atom is -0.349 e. The number of carbonyl (C=O) groups is 1. The van der Waals surface area contributed by atoms with Crippen LogP contribution in [0.4, 0.5) is 4.39 Å². The number of carbonyl (C=O) groups excluding carboxylic acids is 1. The number of hydrogen-bond acceptors (Lipinski definition) is 5. The molecule has 6 nitrogen and oxygen atoms in total. The van der Waals surface area contributed by atoms with Gasteiger partial charge in [0.25, 0.3) is 0 Å². The molecule has 8 heteroatoms. The number of rotatable bonds is 6. The van der Waals surface area contributed by atoms with Gasteiger partial charge in [-0.15, -0.1) is 0 Å². The molecule has 0 saturated carbocycles. The van der Waals surface area contributed by atoms with E-state index in [0.717, 1.165) is 28.3 Å². The van der Waals surface area contributed by atoms with Crippen LogP contribution < -0.4 is 5.32 Å². The molecule has 0 saturated heterocycles. The quantitative estimate of drug-likeness (QED) is 0.505. The summed E-state index contributed by atoms with van der Waals surface area (Å²) >= 11 is 1.31. The minimum absolute atomic E-state index is 0.103. The summed E-state index contributed by atoms with van der Waals surface area (Å²) < 4.78 is 14.9. The van der Waals surface area contributed by atoms with E-state index in [-0.39, 0.29) is 23.5 Å². The Labute approximate surface area is 167 Å². The van der Waals surface area contributed by atoms with E-state index in [0.29, 0.717) is 5.16 Å². The van der Waals surface area contributed by atoms with E-state index in [2.05, 4.69) is 20.4 Å². The molecular weight excluding hydrogens is 377 g/mol. The van der Waals surface area contributed by atoms with Gasteiger partial charge >= 0.3 is 0 Å². The monoisotopic (exact) mass is 399 g/mol. The van der Waals surface area contributed by atoms with E-state index < -0.39 is 0 Å². The highest BCUT2D eigenvalue weighted by atomic mass is 32.2. The first-order valence-electron chi connectivity index (χ1n) is 8.88. The Morgan fingerprint density at radius 1 is 1.18 bits per heavy atom. The summed E-state index contributed by atoms with van der Waals surface area (Å²) in [5.74, 6) is -0.160. The Hall–Kier alpha value is -2.74. The van der Waals surface area contributed by atoms with Crippen LogP contribution >= 0.6 is 11.8 Å². The first-order valence-corrected chi connectivity index (χ1v) is 9.87. The second kappa shape index (κ2) is 8.52. The molecule has 1 aromatic carbocycles. The molecule has 28 heavy (non-hydrogen) atoms. The molecule has 0 aliphatic rings. The number of amides is 1. The molecule has 0 bridgehead atoms. The third-order valence-corrected chi connectivity index (χ3v) is 5.10. The topological polar surface area (TPSA) is 72.7 Å². The van der Waals surface area contributed by atoms with Crippen molar-refractivity contribution in [1.82, 2.24) is 25.1 Å². The lowest BCUT2D eigenvalue weighted by atomic mass is 10.1. The zero-order valence-corrected chi connectivity index (χ0v) is 17.0. The molecule has 3 aromatic rings. The average molecular weight is 399 g/mol. The second-order valence-electron chi connectivity index (χ2n) is 6.58. The summed E-state index contributed by atoms with van der Waals surface area (Å²) in [6, 6.07) is 7.82. The Balaban J connectivity index is 1.63. The third-order valence-electron chi connectivity index (χ3n) is 4.26. The van der Waals surface area contributed by atoms with Crippen LogP contribution in [0.5, 0.6) is 0 Å². The van der Waals surface area contributed by atoms with Crippen molar-refractivity contribution in [3.63, 3.8) is 0 Å². The van der Waals surface area contributed by atoms with E-state index >= 15 is 0 Å². The van der Waals surface area contributed by atoms with Crippen LogP contribution in [0.1, 0.15) is 35.6 Å². The van der Waals surface area contributed by atoms with Gasteiger partial charge < -0.3 is 5.32 Å². The Bertz CT molecular complexity index is 967. The van der Waals surface area contributed by atoms with Gasteiger partial charge in [-0.05, 0) is 58.0 Å². The number of aryl methyl sites for hydroxylation is 2. The Kier molecular flexibility index (Phi) is 6.08. The summed E-state index contributed by atoms with van der Waals surface area (Å²) in [5.41, 5.74) is 4.33. The van der Waals surface area contributed by atoms with Crippen LogP contribution in [0.15, 0.2) is 41.7 Å². The molecule has 0 fully saturated rings. The van der Waals surface area contributed by atoms with Crippen molar-refractivity contribution in [2.75, 3.05) is 5.75 Å². The van der Waals surface area contributed by atoms with Crippen molar-refractivity contribution < 1.29 is 9.18 Å². The van der Waals surface area contributed by atoms with Crippen LogP contribution in [0.2, 0.25) is 0 Å². The SMILES string of the molecule is Cc1cc(C)nc(SCC(=O)N[C@H](C)c2cnn(-c3ccc(F)cc3)c2C)n1. The molecule has 0 aliphatic carbocycles. The molecule has 2 heterocycles. The molecule has 1 amide bonds. The fourth-order valence-corrected chi connectivity index (χ4v) is 3.70. The zero-order valence-electron chi connectivity index (χ0n) is 16.2. The van der Waals surface area contributed by atoms with E-state index in [1.807, 2.05) is 33.8 Å². The Morgan fingerprint density at radius 3 is 2.46 bits per heavy atom. The fourth-order valence-electron chi connectivity index (χ4n) is 2.94. The normalized spacial score (nSPS) is 12.0. The highest BCUT2D eigenvalue weighted by Gasteiger charge is 2.17. The predicted octanol–water partition coefficient (Wildman–Crippen LogP) is 3.70. The predicted molar refractivity (Wildman–Crippen MR) is 107 cm³/mol. The van der Waals surface area contributed by atoms with Crippen LogP contribution in [-0.4, -0.2) is 31.4 Å². The van der Waals surface area contributed by atoms with E-state index in [1.54, 1.807) is 23.0 Å². The van der Waals surface area contributed by atoms with Gasteiger partial charge in [-0.2, -0.15) is 5.10 Å². The average Bonchev–Trinajstić information content (AvgIpc) is 3.01. The van der Waals surface area contributed by atoms with E-state index in [4.69, 9.17) is 0 Å². The minimum atomic E-state index is -0.292. The molecule has 0 aliphatic heterocycles. The zero-order chi connectivity index (χ0) is 20.3. The number of hydrogen-bond donors (Lipinski definition) is 1. The molecule has 0 spiro atoms. The maximum absolute atomic E-state index is 13.1. The number of halogens is 1. The first-order chi connectivity index (χ1) is 13.3. The van der Waals surface area contributed by atoms with Crippen molar-refractivity contribution in [2.45, 2.75) is 38.9 Å². The largest absolute Gasteiger partial charge is 0.349 e. The summed E-state index contributed by atoms with van der Waals surface area (Å²) in [7, 11) is 0. The van der Waals surface area contributed by atoms with E-state index in [9.17, 15) is 9.18 Å². The van der Waals surface area contributed by atoms with Gasteiger partial charge in [-0.1, -0.05) is 11.8 Å². The smallest absolute Gasteiger partial charge is 0.230 e. The first kappa shape index (κ1) is 20.0. The number of thioether (sulfide) groups is 1. The van der Waals surface area contributed by atoms with Crippen LogP contribution in [0.25, 0.3) is 5.69 Å². The van der Waals surface area contributed by atoms with Gasteiger partial charge in [0.05, 0.1) is 23.7 Å². The van der Waals surface area contributed by atoms with Crippen LogP contribution in [-0.2, 0) is 4.79 Å². The lowest BCUT2D eigenvalue weighted by Gasteiger charge is -2.14. The van der Waals surface area contributed by atoms with Crippen LogP contribution in [0, 0.1) is 26.6 Å². The number of nitrogens with zero attached hydrogens (tertiary/aromatic N) is 4. The van der Waals surface area contributed by atoms with Gasteiger partial charge in [-0.3, -0.25) is 4.79 Å². The van der Waals surface area contributed by atoms with Crippen molar-refractivity contribution >= 4 is 17.7 Å². The second-order valence-corrected chi connectivity index (χ2v) is 7.53. The Morgan fingerprint density at radius 2 is 1.82 bits per heavy atom. The number of aromatic nitrogens is 4. The molecule has 0 radical (unpaired) electrons. The van der Waals surface area contributed by atoms with Gasteiger partial charge in [0.2, 0.25) is 5.91 Å². The lowest BCUT2D eigenvalue weighted by Crippen LogP contribution is -2.28. The molecule has 1 atom stereocenters. The summed E-state index contributed by atoms with van der Waals surface area (Å²) in [5, 5.41) is 7.95. The number of benzene rings is 1. The van der Waals surface area contributed by atoms with Crippen molar-refractivity contribution in [3.05, 3.63) is 65.0 Å². The standard InChI is InChI=1S/C20H22FN5OS/c1-12-9-13(2)24-20(23-12)28-11-19(27)25-14(3)18-10-22-26(15(18)4)17-7-5-16(21)6-8-17/h5-10,14H,11H2,1-4H3,(H,25,27)/t14-/m1/s1. The van der Waals surface area contributed by atoms with Gasteiger partial charge in [-0.25, -0.2) is 19.0 Å². The highest BCUT2D eigenvalue weighted by Crippen LogP contribution is 2.21. The maximum Gasteiger partial charge on any atom is 0.230 e. The molecule has 0 unspecified atom stereocenters. The molecular formula is C20H22FN5OS. The van der Waals surface area contributed by atoms with Crippen molar-refractivity contribution in [3.8, 4) is 5.69 Å². The van der Waals surface area contributed by atoms with E-state index in [1.165, 1.54) is 23.9 Å².